The monoisotopic (exact) mass is 356 g/mol. The molecule has 7 heteroatoms. The summed E-state index contributed by atoms with van der Waals surface area (Å²) in [6.45, 7) is 4.27. The number of hydrogen-bond donors (Lipinski definition) is 1. The van der Waals surface area contributed by atoms with Crippen molar-refractivity contribution < 1.29 is 23.9 Å². The van der Waals surface area contributed by atoms with E-state index < -0.39 is 18.0 Å². The van der Waals surface area contributed by atoms with Crippen LogP contribution >= 0.6 is 0 Å². The summed E-state index contributed by atoms with van der Waals surface area (Å²) < 4.78 is 6.64. The molecule has 0 unspecified atom stereocenters. The first-order valence-corrected chi connectivity index (χ1v) is 7.99. The van der Waals surface area contributed by atoms with Crippen LogP contribution in [0.1, 0.15) is 52.0 Å². The van der Waals surface area contributed by atoms with E-state index in [1.54, 1.807) is 31.3 Å². The molecule has 0 saturated carbocycles. The van der Waals surface area contributed by atoms with Gasteiger partial charge in [0, 0.05) is 30.1 Å². The van der Waals surface area contributed by atoms with Crippen molar-refractivity contribution in [3.63, 3.8) is 0 Å². The molecule has 0 aliphatic heterocycles. The molecule has 7 nitrogen and oxygen atoms in total. The van der Waals surface area contributed by atoms with Gasteiger partial charge in [-0.15, -0.1) is 0 Å². The fourth-order valence-corrected chi connectivity index (χ4v) is 2.29. The Balaban J connectivity index is 2.05. The molecule has 1 atom stereocenters. The maximum Gasteiger partial charge on any atom is 0.355 e. The molecule has 136 valence electrons. The zero-order valence-corrected chi connectivity index (χ0v) is 15.0. The van der Waals surface area contributed by atoms with E-state index in [1.807, 2.05) is 0 Å². The van der Waals surface area contributed by atoms with E-state index in [2.05, 4.69) is 5.32 Å². The Morgan fingerprint density at radius 2 is 1.69 bits per heavy atom. The van der Waals surface area contributed by atoms with E-state index in [1.165, 1.54) is 37.6 Å². The number of hydrogen-bond acceptors (Lipinski definition) is 5. The first-order chi connectivity index (χ1) is 12.2. The number of ketones is 2. The number of nitrogens with one attached hydrogen (secondary N) is 1. The third kappa shape index (κ3) is 4.44. The highest BCUT2D eigenvalue weighted by atomic mass is 16.5. The van der Waals surface area contributed by atoms with Gasteiger partial charge in [0.05, 0.1) is 0 Å². The standard InChI is InChI=1S/C19H20N2O5/c1-11(22)14-6-5-7-16(8-14)20-18(24)13(3)26-19(25)17-9-15(12(2)23)10-21(17)4/h5-10,13H,1-4H3,(H,20,24)/t13-/m0/s1. The zero-order chi connectivity index (χ0) is 19.4. The molecule has 1 aromatic heterocycles. The molecule has 0 aliphatic carbocycles. The number of esters is 1. The van der Waals surface area contributed by atoms with Gasteiger partial charge in [0.1, 0.15) is 5.69 Å². The molecule has 2 rings (SSSR count). The first-order valence-electron chi connectivity index (χ1n) is 7.99. The minimum Gasteiger partial charge on any atom is -0.448 e. The summed E-state index contributed by atoms with van der Waals surface area (Å²) in [6.07, 6.45) is 0.468. The molecular formula is C19H20N2O5. The lowest BCUT2D eigenvalue weighted by atomic mass is 10.1. The van der Waals surface area contributed by atoms with Gasteiger partial charge in [-0.25, -0.2) is 4.79 Å². The van der Waals surface area contributed by atoms with Crippen molar-refractivity contribution in [3.05, 3.63) is 53.3 Å². The number of Topliss-reactive ketones (excluding diaryl/α,β-unsaturated/α-hetero) is 2. The Labute approximate surface area is 151 Å². The summed E-state index contributed by atoms with van der Waals surface area (Å²) in [5, 5.41) is 2.60. The molecule has 1 N–H and O–H groups in total. The number of aryl methyl sites for hydroxylation is 1. The SMILES string of the molecule is CC(=O)c1cccc(NC(=O)[C@H](C)OC(=O)c2cc(C(C)=O)cn2C)c1. The van der Waals surface area contributed by atoms with Gasteiger partial charge in [-0.05, 0) is 39.0 Å². The normalized spacial score (nSPS) is 11.5. The smallest absolute Gasteiger partial charge is 0.355 e. The summed E-state index contributed by atoms with van der Waals surface area (Å²) in [7, 11) is 1.61. The Morgan fingerprint density at radius 3 is 2.27 bits per heavy atom. The van der Waals surface area contributed by atoms with Crippen LogP contribution in [0.15, 0.2) is 36.5 Å². The Bertz CT molecular complexity index is 882. The van der Waals surface area contributed by atoms with Crippen LogP contribution < -0.4 is 5.32 Å². The molecule has 1 aromatic carbocycles. The average Bonchev–Trinajstić information content (AvgIpc) is 2.97. The van der Waals surface area contributed by atoms with E-state index in [4.69, 9.17) is 4.74 Å². The fraction of sp³-hybridized carbons (Fsp3) is 0.263. The van der Waals surface area contributed by atoms with Gasteiger partial charge in [-0.2, -0.15) is 0 Å². The summed E-state index contributed by atoms with van der Waals surface area (Å²) >= 11 is 0. The number of rotatable bonds is 6. The highest BCUT2D eigenvalue weighted by Crippen LogP contribution is 2.14. The van der Waals surface area contributed by atoms with Crippen molar-refractivity contribution >= 4 is 29.1 Å². The number of amides is 1. The number of nitrogens with zero attached hydrogens (tertiary/aromatic N) is 1. The largest absolute Gasteiger partial charge is 0.448 e. The first kappa shape index (κ1) is 19.1. The minimum atomic E-state index is -1.06. The predicted octanol–water partition coefficient (Wildman–Crippen LogP) is 2.61. The molecule has 26 heavy (non-hydrogen) atoms. The Kier molecular flexibility index (Phi) is 5.71. The van der Waals surface area contributed by atoms with Crippen LogP contribution in [0.4, 0.5) is 5.69 Å². The molecule has 1 amide bonds. The van der Waals surface area contributed by atoms with Crippen LogP contribution in [-0.4, -0.2) is 34.1 Å². The number of benzene rings is 1. The molecule has 2 aromatic rings. The molecule has 0 aliphatic rings. The summed E-state index contributed by atoms with van der Waals surface area (Å²) in [5.74, 6) is -1.53. The van der Waals surface area contributed by atoms with Crippen molar-refractivity contribution in [3.8, 4) is 0 Å². The van der Waals surface area contributed by atoms with Gasteiger partial charge in [-0.3, -0.25) is 14.4 Å². The van der Waals surface area contributed by atoms with Crippen LogP contribution in [0.25, 0.3) is 0 Å². The molecule has 0 fully saturated rings. The lowest BCUT2D eigenvalue weighted by molar-refractivity contribution is -0.123. The highest BCUT2D eigenvalue weighted by Gasteiger charge is 2.22. The van der Waals surface area contributed by atoms with Crippen LogP contribution in [0.2, 0.25) is 0 Å². The number of carbonyl (C=O) groups excluding carboxylic acids is 4. The number of ether oxygens (including phenoxy) is 1. The molecule has 0 radical (unpaired) electrons. The zero-order valence-electron chi connectivity index (χ0n) is 15.0. The van der Waals surface area contributed by atoms with Crippen LogP contribution in [0, 0.1) is 0 Å². The summed E-state index contributed by atoms with van der Waals surface area (Å²) in [5.41, 5.74) is 1.46. The molecular weight excluding hydrogens is 336 g/mol. The van der Waals surface area contributed by atoms with Gasteiger partial charge in [0.15, 0.2) is 17.7 Å². The fourth-order valence-electron chi connectivity index (χ4n) is 2.29. The van der Waals surface area contributed by atoms with E-state index in [0.29, 0.717) is 16.8 Å². The van der Waals surface area contributed by atoms with Crippen molar-refractivity contribution in [1.29, 1.82) is 0 Å². The van der Waals surface area contributed by atoms with E-state index in [-0.39, 0.29) is 17.3 Å². The molecule has 1 heterocycles. The topological polar surface area (TPSA) is 94.5 Å². The second-order valence-corrected chi connectivity index (χ2v) is 5.95. The van der Waals surface area contributed by atoms with Crippen LogP contribution in [0.3, 0.4) is 0 Å². The van der Waals surface area contributed by atoms with Crippen molar-refractivity contribution in [1.82, 2.24) is 4.57 Å². The lowest BCUT2D eigenvalue weighted by Crippen LogP contribution is -2.30. The van der Waals surface area contributed by atoms with E-state index in [0.717, 1.165) is 0 Å². The Morgan fingerprint density at radius 1 is 1.04 bits per heavy atom. The summed E-state index contributed by atoms with van der Waals surface area (Å²) in [6, 6.07) is 7.89. The quantitative estimate of drug-likeness (QED) is 0.634. The Hall–Kier alpha value is -3.22. The van der Waals surface area contributed by atoms with Crippen molar-refractivity contribution in [2.45, 2.75) is 26.9 Å². The second-order valence-electron chi connectivity index (χ2n) is 5.95. The lowest BCUT2D eigenvalue weighted by Gasteiger charge is -2.14. The molecule has 0 saturated heterocycles. The maximum absolute atomic E-state index is 12.2. The third-order valence-corrected chi connectivity index (χ3v) is 3.81. The van der Waals surface area contributed by atoms with Gasteiger partial charge in [0.25, 0.3) is 5.91 Å². The molecule has 0 bridgehead atoms. The maximum atomic E-state index is 12.2. The van der Waals surface area contributed by atoms with Gasteiger partial charge < -0.3 is 14.6 Å². The minimum absolute atomic E-state index is 0.120. The van der Waals surface area contributed by atoms with Crippen LogP contribution in [0.5, 0.6) is 0 Å². The van der Waals surface area contributed by atoms with E-state index in [9.17, 15) is 19.2 Å². The van der Waals surface area contributed by atoms with Gasteiger partial charge in [-0.1, -0.05) is 12.1 Å². The average molecular weight is 356 g/mol. The van der Waals surface area contributed by atoms with E-state index >= 15 is 0 Å². The van der Waals surface area contributed by atoms with Gasteiger partial charge in [0.2, 0.25) is 0 Å². The van der Waals surface area contributed by atoms with Crippen molar-refractivity contribution in [2.24, 2.45) is 7.05 Å². The predicted molar refractivity (Wildman–Crippen MR) is 95.4 cm³/mol. The highest BCUT2D eigenvalue weighted by molar-refractivity contribution is 6.00. The second kappa shape index (κ2) is 7.77. The third-order valence-electron chi connectivity index (χ3n) is 3.81. The number of aromatic nitrogens is 1. The summed E-state index contributed by atoms with van der Waals surface area (Å²) in [4.78, 5) is 47.2. The number of carbonyl (C=O) groups is 4. The molecule has 0 spiro atoms. The van der Waals surface area contributed by atoms with Crippen LogP contribution in [-0.2, 0) is 16.6 Å². The van der Waals surface area contributed by atoms with Gasteiger partial charge >= 0.3 is 5.97 Å². The number of anilines is 1. The van der Waals surface area contributed by atoms with Crippen molar-refractivity contribution in [2.75, 3.05) is 5.32 Å².